The van der Waals surface area contributed by atoms with Gasteiger partial charge in [0.1, 0.15) is 82.8 Å². The minimum atomic E-state index is -3.41. The molecule has 12 aromatic heterocycles. The number of H-pyrrole nitrogens is 4. The second-order valence-electron chi connectivity index (χ2n) is 34.3. The van der Waals surface area contributed by atoms with Crippen molar-refractivity contribution in [2.24, 2.45) is 7.05 Å². The molecular formula is C91H102F3N27O6S2. The standard InChI is InChI=1S/C24H28FN7O.C24H29N7O.C22H24FN7O2S.C21H21FN6O2S/c1-31-22(25)19(13-28-31)15-2-7-20-18(12-15)21-23(26-14-27-24(21)30-20)29-16-3-5-17(6-4-16)32-8-10-33-11-9-32;1-16-13-31(15-27-16)19-6-7-21-20(12-19)22-23(25-14-26-24(22)29-21)28-17-2-4-18(5-3-17)30-8-10-32-11-9-30;1-29(2)33(31,32)30-7-5-17(6-8-30)27-21-20-18-10-14(15-9-16(23)12-24-11-15)3-4-19(18)28-22(20)26-13-25-21;1-31(29,30)28-6-4-16(5-7-28)26-20-19-17-9-13(14-8-15(22)11-23-10-14)2-3-18(17)27-21(19)25-12-24-20/h2,7,12-14,16-17H,3-6,8-11H2,1H3,(H2,26,27,29,30);6-7,12-15,17-18H,2-5,8-11H2,1H3,(H2,25,26,28,29);3-4,9-13,17H,5-8H2,1-2H3,(H2,25,26,27,28);2-3,8-12,16H,4-7H2,1H3,(H2,24,25,26,27). The summed E-state index contributed by atoms with van der Waals surface area (Å²) >= 11 is 0. The lowest BCUT2D eigenvalue weighted by Gasteiger charge is -2.39. The van der Waals surface area contributed by atoms with Crippen LogP contribution in [0.1, 0.15) is 82.7 Å². The fourth-order valence-corrected chi connectivity index (χ4v) is 21.0. The van der Waals surface area contributed by atoms with Gasteiger partial charge in [-0.3, -0.25) is 19.8 Å². The van der Waals surface area contributed by atoms with E-state index in [2.05, 4.69) is 134 Å². The summed E-state index contributed by atoms with van der Waals surface area (Å²) in [6.45, 7) is 11.5. The molecule has 33 nitrogen and oxygen atoms in total. The molecule has 6 fully saturated rings. The normalized spacial score (nSPS) is 19.3. The molecule has 129 heavy (non-hydrogen) atoms. The number of hydrogen-bond acceptors (Lipinski definition) is 24. The molecule has 2 aliphatic carbocycles. The quantitative estimate of drug-likeness (QED) is 0.0420. The molecule has 0 spiro atoms. The number of piperidine rings is 2. The first-order valence-electron chi connectivity index (χ1n) is 43.9. The van der Waals surface area contributed by atoms with Crippen LogP contribution in [0.25, 0.3) is 127 Å². The molecule has 16 heterocycles. The Labute approximate surface area is 742 Å². The number of imidazole rings is 1. The smallest absolute Gasteiger partial charge is 0.281 e. The number of aromatic amines is 4. The number of hydrogen-bond donors (Lipinski definition) is 8. The van der Waals surface area contributed by atoms with Gasteiger partial charge in [0.05, 0.1) is 90.4 Å². The number of anilines is 4. The number of ether oxygens (including phenoxy) is 2. The van der Waals surface area contributed by atoms with Crippen molar-refractivity contribution < 1.29 is 39.5 Å². The lowest BCUT2D eigenvalue weighted by Crippen LogP contribution is -2.46. The van der Waals surface area contributed by atoms with E-state index >= 15 is 0 Å². The Morgan fingerprint density at radius 3 is 1.18 bits per heavy atom. The van der Waals surface area contributed by atoms with Gasteiger partial charge in [0, 0.05) is 189 Å². The molecule has 0 atom stereocenters. The maximum Gasteiger partial charge on any atom is 0.281 e. The predicted molar refractivity (Wildman–Crippen MR) is 494 cm³/mol. The highest BCUT2D eigenvalue weighted by atomic mass is 32.2. The molecule has 6 aliphatic rings. The Hall–Kier alpha value is -12.3. The van der Waals surface area contributed by atoms with E-state index in [0.717, 1.165) is 194 Å². The third-order valence-corrected chi connectivity index (χ3v) is 29.1. The summed E-state index contributed by atoms with van der Waals surface area (Å²) in [6.07, 6.45) is 30.7. The summed E-state index contributed by atoms with van der Waals surface area (Å²) < 4.78 is 109. The highest BCUT2D eigenvalue weighted by molar-refractivity contribution is 7.88. The van der Waals surface area contributed by atoms with Crippen molar-refractivity contribution in [3.05, 3.63) is 177 Å². The van der Waals surface area contributed by atoms with Crippen molar-refractivity contribution in [2.45, 2.75) is 120 Å². The van der Waals surface area contributed by atoms with Gasteiger partial charge in [0.2, 0.25) is 16.0 Å². The van der Waals surface area contributed by atoms with Crippen LogP contribution in [0.4, 0.5) is 36.4 Å². The van der Waals surface area contributed by atoms with Gasteiger partial charge in [-0.25, -0.2) is 71.0 Å². The lowest BCUT2D eigenvalue weighted by atomic mass is 9.90. The van der Waals surface area contributed by atoms with Gasteiger partial charge in [-0.1, -0.05) is 18.2 Å². The average Bonchev–Trinajstić information content (AvgIpc) is 1.63. The van der Waals surface area contributed by atoms with Crippen LogP contribution in [-0.2, 0) is 36.8 Å². The number of morpholine rings is 2. The molecule has 16 aromatic rings. The first-order valence-corrected chi connectivity index (χ1v) is 47.2. The van der Waals surface area contributed by atoms with E-state index in [1.165, 1.54) is 86.7 Å². The second kappa shape index (κ2) is 37.1. The van der Waals surface area contributed by atoms with Crippen LogP contribution < -0.4 is 21.3 Å². The maximum atomic E-state index is 14.5. The van der Waals surface area contributed by atoms with E-state index in [9.17, 15) is 30.0 Å². The summed E-state index contributed by atoms with van der Waals surface area (Å²) in [6, 6.07) is 29.2. The number of pyridine rings is 2. The predicted octanol–water partition coefficient (Wildman–Crippen LogP) is 13.5. The Bertz CT molecular complexity index is 6980. The minimum Gasteiger partial charge on any atom is -0.379 e. The van der Waals surface area contributed by atoms with Gasteiger partial charge in [0.15, 0.2) is 0 Å². The molecule has 8 N–H and O–H groups in total. The first-order chi connectivity index (χ1) is 62.6. The third kappa shape index (κ3) is 18.6. The van der Waals surface area contributed by atoms with E-state index in [-0.39, 0.29) is 29.7 Å². The monoisotopic (exact) mass is 1790 g/mol. The van der Waals surface area contributed by atoms with Gasteiger partial charge in [0.25, 0.3) is 10.2 Å². The Kier molecular flexibility index (Phi) is 24.7. The van der Waals surface area contributed by atoms with Crippen LogP contribution in [0, 0.1) is 24.5 Å². The van der Waals surface area contributed by atoms with E-state index < -0.39 is 20.2 Å². The number of aryl methyl sites for hydroxylation is 2. The number of nitrogens with zero attached hydrogens (tertiary/aromatic N) is 19. The fraction of sp³-hybridized carbons (Fsp3) is 0.385. The molecule has 670 valence electrons. The van der Waals surface area contributed by atoms with Crippen LogP contribution in [0.15, 0.2) is 154 Å². The van der Waals surface area contributed by atoms with Crippen LogP contribution in [0.3, 0.4) is 0 Å². The van der Waals surface area contributed by atoms with E-state index in [1.54, 1.807) is 52.4 Å². The number of halogens is 3. The van der Waals surface area contributed by atoms with Crippen molar-refractivity contribution >= 4 is 131 Å². The number of sulfonamides is 1. The van der Waals surface area contributed by atoms with Gasteiger partial charge >= 0.3 is 0 Å². The summed E-state index contributed by atoms with van der Waals surface area (Å²) in [4.78, 5) is 66.8. The number of benzene rings is 4. The summed E-state index contributed by atoms with van der Waals surface area (Å²) in [7, 11) is -1.88. The van der Waals surface area contributed by atoms with Gasteiger partial charge in [-0.15, -0.1) is 0 Å². The van der Waals surface area contributed by atoms with Crippen molar-refractivity contribution in [1.82, 2.24) is 112 Å². The Balaban J connectivity index is 0.000000112. The minimum absolute atomic E-state index is 0.0808. The highest BCUT2D eigenvalue weighted by Crippen LogP contribution is 2.40. The zero-order valence-electron chi connectivity index (χ0n) is 72.3. The average molecular weight is 1790 g/mol. The van der Waals surface area contributed by atoms with Crippen LogP contribution in [0.2, 0.25) is 0 Å². The van der Waals surface area contributed by atoms with Crippen molar-refractivity contribution in [1.29, 1.82) is 0 Å². The van der Waals surface area contributed by atoms with Crippen LogP contribution in [0.5, 0.6) is 0 Å². The van der Waals surface area contributed by atoms with Gasteiger partial charge in [-0.2, -0.15) is 26.5 Å². The molecule has 4 saturated heterocycles. The summed E-state index contributed by atoms with van der Waals surface area (Å²) in [5, 5.41) is 26.1. The second-order valence-corrected chi connectivity index (χ2v) is 38.4. The SMILES string of the molecule is CN(C)S(=O)(=O)N1CCC(Nc2ncnc3[nH]c4ccc(-c5cncc(F)c5)cc4c23)CC1.CS(=O)(=O)N1CCC(Nc2ncnc3[nH]c4ccc(-c5cncc(F)c5)cc4c23)CC1.Cc1cn(-c2ccc3[nH]c4ncnc(NC5CCC(N6CCOCC6)CC5)c4c3c2)cn1.Cn1ncc(-c2ccc3[nH]c4ncnc(NC5CCC(N6CCOCC6)CC5)c4c3c2)c1F. The lowest BCUT2D eigenvalue weighted by molar-refractivity contribution is 0.00788. The van der Waals surface area contributed by atoms with Crippen molar-refractivity contribution in [3.63, 3.8) is 0 Å². The molecule has 22 rings (SSSR count). The summed E-state index contributed by atoms with van der Waals surface area (Å²) in [5.74, 6) is 2.03. The number of fused-ring (bicyclic) bond motifs is 12. The van der Waals surface area contributed by atoms with Crippen LogP contribution in [-0.4, -0.2) is 264 Å². The molecule has 0 amide bonds. The highest BCUT2D eigenvalue weighted by Gasteiger charge is 2.34. The summed E-state index contributed by atoms with van der Waals surface area (Å²) in [5.41, 5.74) is 13.3. The molecule has 0 unspecified atom stereocenters. The molecule has 4 aliphatic heterocycles. The molecule has 2 saturated carbocycles. The Morgan fingerprint density at radius 1 is 0.426 bits per heavy atom. The number of aromatic nitrogens is 18. The fourth-order valence-electron chi connectivity index (χ4n) is 18.9. The molecule has 38 heteroatoms. The van der Waals surface area contributed by atoms with E-state index in [1.807, 2.05) is 74.0 Å². The number of nitrogens with one attached hydrogen (secondary N) is 8. The zero-order valence-corrected chi connectivity index (χ0v) is 73.9. The molecule has 4 aromatic carbocycles. The maximum absolute atomic E-state index is 14.5. The van der Waals surface area contributed by atoms with E-state index in [4.69, 9.17) is 9.47 Å². The third-order valence-electron chi connectivity index (χ3n) is 25.8. The van der Waals surface area contributed by atoms with Crippen molar-refractivity contribution in [3.8, 4) is 39.1 Å². The molecular weight excluding hydrogens is 1690 g/mol. The van der Waals surface area contributed by atoms with Crippen molar-refractivity contribution in [2.75, 3.05) is 120 Å². The largest absolute Gasteiger partial charge is 0.379 e. The van der Waals surface area contributed by atoms with Gasteiger partial charge < -0.3 is 55.2 Å². The molecule has 0 radical (unpaired) electrons. The zero-order chi connectivity index (χ0) is 88.6. The van der Waals surface area contributed by atoms with E-state index in [0.29, 0.717) is 116 Å². The number of rotatable bonds is 17. The first kappa shape index (κ1) is 86.1. The Morgan fingerprint density at radius 2 is 0.806 bits per heavy atom. The molecule has 0 bridgehead atoms. The van der Waals surface area contributed by atoms with Gasteiger partial charge in [-0.05, 0) is 167 Å². The van der Waals surface area contributed by atoms with Crippen LogP contribution >= 0.6 is 0 Å². The topological polar surface area (TPSA) is 379 Å².